The van der Waals surface area contributed by atoms with E-state index in [0.717, 1.165) is 17.5 Å². The maximum Gasteiger partial charge on any atom is 0.269 e. The first-order valence-electron chi connectivity index (χ1n) is 9.46. The molecule has 1 saturated heterocycles. The van der Waals surface area contributed by atoms with Gasteiger partial charge in [0.2, 0.25) is 0 Å². The summed E-state index contributed by atoms with van der Waals surface area (Å²) >= 11 is 1.52. The topological polar surface area (TPSA) is 80.0 Å². The first kappa shape index (κ1) is 19.4. The molecule has 6 nitrogen and oxygen atoms in total. The highest BCUT2D eigenvalue weighted by atomic mass is 32.2. The molecule has 0 saturated carbocycles. The molecule has 3 aromatic rings. The summed E-state index contributed by atoms with van der Waals surface area (Å²) in [6.07, 6.45) is 1.08. The Bertz CT molecular complexity index is 1050. The summed E-state index contributed by atoms with van der Waals surface area (Å²) in [4.78, 5) is 18.1. The van der Waals surface area contributed by atoms with E-state index in [1.165, 1.54) is 11.8 Å². The number of nitrogens with zero attached hydrogens (tertiary/aromatic N) is 2. The van der Waals surface area contributed by atoms with Crippen LogP contribution in [0.4, 0.5) is 5.82 Å². The molecule has 1 aliphatic heterocycles. The third-order valence-corrected chi connectivity index (χ3v) is 5.89. The maximum absolute atomic E-state index is 13.3. The highest BCUT2D eigenvalue weighted by Gasteiger charge is 2.24. The van der Waals surface area contributed by atoms with Gasteiger partial charge in [-0.2, -0.15) is 0 Å². The van der Waals surface area contributed by atoms with E-state index < -0.39 is 0 Å². The van der Waals surface area contributed by atoms with Crippen LogP contribution in [0.3, 0.4) is 0 Å². The second-order valence-electron chi connectivity index (χ2n) is 6.83. The minimum atomic E-state index is -0.258. The standard InChI is InChI=1S/C22H22N4O2S/c1-15(16-8-4-2-5-9-16)29-22-25-20(24-17-13-28-14-17)19(12-23)21(27)26(22)18-10-6-3-7-11-18/h2-12,15,17,23-24H,13-14H2,1H3. The van der Waals surface area contributed by atoms with Crippen LogP contribution < -0.4 is 10.9 Å². The molecule has 2 N–H and O–H groups in total. The number of ether oxygens (including phenoxy) is 1. The van der Waals surface area contributed by atoms with Crippen molar-refractivity contribution < 1.29 is 4.74 Å². The van der Waals surface area contributed by atoms with Crippen LogP contribution in [0.15, 0.2) is 70.6 Å². The average molecular weight is 407 g/mol. The minimum absolute atomic E-state index is 0.101. The van der Waals surface area contributed by atoms with E-state index in [1.807, 2.05) is 48.5 Å². The van der Waals surface area contributed by atoms with Gasteiger partial charge in [-0.1, -0.05) is 60.3 Å². The van der Waals surface area contributed by atoms with E-state index in [0.29, 0.717) is 24.2 Å². The Labute approximate surface area is 173 Å². The summed E-state index contributed by atoms with van der Waals surface area (Å²) in [7, 11) is 0. The number of anilines is 1. The van der Waals surface area contributed by atoms with E-state index in [-0.39, 0.29) is 22.4 Å². The number of thioether (sulfide) groups is 1. The zero-order chi connectivity index (χ0) is 20.2. The van der Waals surface area contributed by atoms with Crippen molar-refractivity contribution in [2.45, 2.75) is 23.4 Å². The molecule has 1 aromatic heterocycles. The van der Waals surface area contributed by atoms with Crippen LogP contribution in [0.5, 0.6) is 0 Å². The Balaban J connectivity index is 1.81. The Kier molecular flexibility index (Phi) is 5.78. The molecule has 1 aliphatic rings. The number of aromatic nitrogens is 2. The molecule has 1 unspecified atom stereocenters. The van der Waals surface area contributed by atoms with Gasteiger partial charge < -0.3 is 15.5 Å². The Morgan fingerprint density at radius 1 is 1.17 bits per heavy atom. The van der Waals surface area contributed by atoms with Crippen molar-refractivity contribution in [3.8, 4) is 5.69 Å². The van der Waals surface area contributed by atoms with Crippen LogP contribution in [0, 0.1) is 5.41 Å². The molecule has 2 aromatic carbocycles. The van der Waals surface area contributed by atoms with Gasteiger partial charge in [-0.25, -0.2) is 4.98 Å². The van der Waals surface area contributed by atoms with Crippen molar-refractivity contribution in [1.29, 1.82) is 5.41 Å². The van der Waals surface area contributed by atoms with Crippen molar-refractivity contribution >= 4 is 23.8 Å². The monoisotopic (exact) mass is 406 g/mol. The lowest BCUT2D eigenvalue weighted by atomic mass is 10.2. The number of para-hydroxylation sites is 1. The van der Waals surface area contributed by atoms with Crippen LogP contribution in [0.2, 0.25) is 0 Å². The average Bonchev–Trinajstić information content (AvgIpc) is 2.72. The summed E-state index contributed by atoms with van der Waals surface area (Å²) < 4.78 is 6.81. The molecule has 0 aliphatic carbocycles. The summed E-state index contributed by atoms with van der Waals surface area (Å²) in [6, 6.07) is 19.7. The summed E-state index contributed by atoms with van der Waals surface area (Å²) in [5.74, 6) is 0.438. The van der Waals surface area contributed by atoms with Gasteiger partial charge in [0, 0.05) is 11.5 Å². The zero-order valence-electron chi connectivity index (χ0n) is 16.0. The first-order chi connectivity index (χ1) is 14.2. The summed E-state index contributed by atoms with van der Waals surface area (Å²) in [5, 5.41) is 11.7. The van der Waals surface area contributed by atoms with Crippen molar-refractivity contribution in [2.24, 2.45) is 0 Å². The van der Waals surface area contributed by atoms with E-state index in [1.54, 1.807) is 4.57 Å². The fraction of sp³-hybridized carbons (Fsp3) is 0.227. The second kappa shape index (κ2) is 8.63. The highest BCUT2D eigenvalue weighted by Crippen LogP contribution is 2.35. The van der Waals surface area contributed by atoms with Gasteiger partial charge in [0.15, 0.2) is 5.16 Å². The molecule has 7 heteroatoms. The maximum atomic E-state index is 13.3. The van der Waals surface area contributed by atoms with E-state index in [2.05, 4.69) is 24.4 Å². The van der Waals surface area contributed by atoms with Gasteiger partial charge in [-0.05, 0) is 24.6 Å². The van der Waals surface area contributed by atoms with Crippen LogP contribution >= 0.6 is 11.8 Å². The molecule has 148 valence electrons. The smallest absolute Gasteiger partial charge is 0.269 e. The summed E-state index contributed by atoms with van der Waals surface area (Å²) in [5.41, 5.74) is 1.88. The van der Waals surface area contributed by atoms with Crippen LogP contribution in [0.1, 0.15) is 23.3 Å². The largest absolute Gasteiger partial charge is 0.377 e. The highest BCUT2D eigenvalue weighted by molar-refractivity contribution is 7.99. The SMILES string of the molecule is CC(Sc1nc(NC2COC2)c(C=N)c(=O)n1-c1ccccc1)c1ccccc1. The normalized spacial score (nSPS) is 14.8. The molecule has 0 spiro atoms. The van der Waals surface area contributed by atoms with Gasteiger partial charge in [0.1, 0.15) is 11.4 Å². The van der Waals surface area contributed by atoms with Crippen molar-refractivity contribution in [3.05, 3.63) is 82.1 Å². The minimum Gasteiger partial charge on any atom is -0.377 e. The molecule has 1 atom stereocenters. The third kappa shape index (κ3) is 4.11. The lowest BCUT2D eigenvalue weighted by Crippen LogP contribution is -2.41. The Hall–Kier alpha value is -2.90. The van der Waals surface area contributed by atoms with Crippen LogP contribution in [-0.4, -0.2) is 35.0 Å². The number of hydrogen-bond donors (Lipinski definition) is 2. The second-order valence-corrected chi connectivity index (χ2v) is 8.13. The number of nitrogens with one attached hydrogen (secondary N) is 2. The molecular weight excluding hydrogens is 384 g/mol. The third-order valence-electron chi connectivity index (χ3n) is 4.78. The molecule has 1 fully saturated rings. The van der Waals surface area contributed by atoms with Crippen LogP contribution in [-0.2, 0) is 4.74 Å². The fourth-order valence-corrected chi connectivity index (χ4v) is 4.15. The van der Waals surface area contributed by atoms with Crippen molar-refractivity contribution in [3.63, 3.8) is 0 Å². The molecule has 0 bridgehead atoms. The summed E-state index contributed by atoms with van der Waals surface area (Å²) in [6.45, 7) is 3.24. The predicted molar refractivity (Wildman–Crippen MR) is 117 cm³/mol. The molecule has 29 heavy (non-hydrogen) atoms. The van der Waals surface area contributed by atoms with Gasteiger partial charge >= 0.3 is 0 Å². The number of benzene rings is 2. The predicted octanol–water partition coefficient (Wildman–Crippen LogP) is 3.89. The van der Waals surface area contributed by atoms with Gasteiger partial charge in [-0.15, -0.1) is 0 Å². The number of rotatable bonds is 7. The molecule has 4 rings (SSSR count). The van der Waals surface area contributed by atoms with Gasteiger partial charge in [-0.3, -0.25) is 9.36 Å². The van der Waals surface area contributed by atoms with Crippen molar-refractivity contribution in [1.82, 2.24) is 9.55 Å². The number of hydrogen-bond acceptors (Lipinski definition) is 6. The fourth-order valence-electron chi connectivity index (χ4n) is 3.10. The molecular formula is C22H22N4O2S. The lowest BCUT2D eigenvalue weighted by Gasteiger charge is -2.28. The van der Waals surface area contributed by atoms with Gasteiger partial charge in [0.05, 0.1) is 24.9 Å². The Morgan fingerprint density at radius 2 is 1.83 bits per heavy atom. The zero-order valence-corrected chi connectivity index (χ0v) is 16.9. The quantitative estimate of drug-likeness (QED) is 0.353. The molecule has 2 heterocycles. The molecule has 0 radical (unpaired) electrons. The molecule has 0 amide bonds. The first-order valence-corrected chi connectivity index (χ1v) is 10.3. The van der Waals surface area contributed by atoms with Crippen LogP contribution in [0.25, 0.3) is 5.69 Å². The van der Waals surface area contributed by atoms with E-state index in [4.69, 9.17) is 15.1 Å². The Morgan fingerprint density at radius 3 is 2.41 bits per heavy atom. The van der Waals surface area contributed by atoms with E-state index in [9.17, 15) is 4.79 Å². The van der Waals surface area contributed by atoms with E-state index >= 15 is 0 Å². The van der Waals surface area contributed by atoms with Gasteiger partial charge in [0.25, 0.3) is 5.56 Å². The lowest BCUT2D eigenvalue weighted by molar-refractivity contribution is 0.0209. The van der Waals surface area contributed by atoms with Crippen molar-refractivity contribution in [2.75, 3.05) is 18.5 Å².